The third-order valence-electron chi connectivity index (χ3n) is 5.77. The number of nitrogens with two attached hydrogens (primary N) is 1. The summed E-state index contributed by atoms with van der Waals surface area (Å²) in [6.07, 6.45) is 3.84. The van der Waals surface area contributed by atoms with Gasteiger partial charge in [-0.25, -0.2) is 4.98 Å². The van der Waals surface area contributed by atoms with Gasteiger partial charge in [0.2, 0.25) is 11.9 Å². The van der Waals surface area contributed by atoms with Crippen molar-refractivity contribution in [1.82, 2.24) is 14.9 Å². The van der Waals surface area contributed by atoms with Crippen molar-refractivity contribution in [3.8, 4) is 5.75 Å². The molecule has 5 N–H and O–H groups in total. The number of primary amides is 1. The molecule has 0 saturated carbocycles. The van der Waals surface area contributed by atoms with Crippen LogP contribution in [0.3, 0.4) is 0 Å². The van der Waals surface area contributed by atoms with Crippen LogP contribution in [0.4, 0.5) is 23.1 Å². The van der Waals surface area contributed by atoms with E-state index in [0.29, 0.717) is 36.1 Å². The van der Waals surface area contributed by atoms with E-state index in [1.54, 1.807) is 12.1 Å². The molecule has 0 unspecified atom stereocenters. The molecule has 10 nitrogen and oxygen atoms in total. The van der Waals surface area contributed by atoms with Crippen molar-refractivity contribution in [3.63, 3.8) is 0 Å². The van der Waals surface area contributed by atoms with E-state index in [1.807, 2.05) is 36.4 Å². The van der Waals surface area contributed by atoms with Gasteiger partial charge >= 0.3 is 0 Å². The number of nitrogens with zero attached hydrogens (tertiary/aromatic N) is 3. The molecule has 10 heteroatoms. The van der Waals surface area contributed by atoms with E-state index in [4.69, 9.17) is 10.5 Å². The first-order valence-corrected chi connectivity index (χ1v) is 12.0. The highest BCUT2D eigenvalue weighted by molar-refractivity contribution is 5.97. The van der Waals surface area contributed by atoms with Gasteiger partial charge in [0.05, 0.1) is 11.3 Å². The second-order valence-corrected chi connectivity index (χ2v) is 8.57. The number of benzene rings is 2. The normalized spacial score (nSPS) is 13.2. The molecule has 2 aromatic carbocycles. The minimum Gasteiger partial charge on any atom is -0.490 e. The van der Waals surface area contributed by atoms with Crippen molar-refractivity contribution in [2.24, 2.45) is 5.73 Å². The summed E-state index contributed by atoms with van der Waals surface area (Å²) in [5.74, 6) is 0.358. The zero-order valence-corrected chi connectivity index (χ0v) is 20.3. The number of hydrogen-bond donors (Lipinski definition) is 4. The van der Waals surface area contributed by atoms with Crippen LogP contribution in [0, 0.1) is 0 Å². The molecule has 0 spiro atoms. The Labute approximate surface area is 210 Å². The largest absolute Gasteiger partial charge is 0.490 e. The van der Waals surface area contributed by atoms with Crippen LogP contribution in [-0.4, -0.2) is 52.9 Å². The highest BCUT2D eigenvalue weighted by Gasteiger charge is 2.15. The topological polar surface area (TPSA) is 135 Å². The van der Waals surface area contributed by atoms with Gasteiger partial charge in [0.25, 0.3) is 5.91 Å². The van der Waals surface area contributed by atoms with Gasteiger partial charge in [-0.1, -0.05) is 30.3 Å². The van der Waals surface area contributed by atoms with Gasteiger partial charge in [-0.15, -0.1) is 0 Å². The number of nitrogens with one attached hydrogen (secondary N) is 3. The van der Waals surface area contributed by atoms with Gasteiger partial charge in [-0.05, 0) is 49.7 Å². The minimum absolute atomic E-state index is 0.192. The molecule has 188 valence electrons. The molecule has 1 fully saturated rings. The third kappa shape index (κ3) is 6.92. The number of hydrogen-bond acceptors (Lipinski definition) is 8. The summed E-state index contributed by atoms with van der Waals surface area (Å²) >= 11 is 0. The average molecular weight is 490 g/mol. The second-order valence-electron chi connectivity index (χ2n) is 8.57. The smallest absolute Gasteiger partial charge is 0.254 e. The number of ether oxygens (including phenoxy) is 1. The fraction of sp³-hybridized carbons (Fsp3) is 0.308. The van der Waals surface area contributed by atoms with Crippen LogP contribution in [0.15, 0.2) is 54.7 Å². The maximum Gasteiger partial charge on any atom is 0.254 e. The SMILES string of the molecule is CC(=O)Nc1cc(Nc2ncc(C(N)=O)c(NCc3ccccc3)n2)ccc1OCCN1CCCC1. The fourth-order valence-electron chi connectivity index (χ4n) is 3.98. The van der Waals surface area contributed by atoms with Crippen molar-refractivity contribution in [2.75, 3.05) is 42.2 Å². The Morgan fingerprint density at radius 3 is 2.61 bits per heavy atom. The first-order chi connectivity index (χ1) is 17.5. The number of aromatic nitrogens is 2. The molecule has 1 aromatic heterocycles. The maximum atomic E-state index is 11.9. The zero-order chi connectivity index (χ0) is 25.3. The van der Waals surface area contributed by atoms with Crippen molar-refractivity contribution in [3.05, 3.63) is 65.9 Å². The number of carbonyl (C=O) groups is 2. The van der Waals surface area contributed by atoms with E-state index in [-0.39, 0.29) is 17.4 Å². The average Bonchev–Trinajstić information content (AvgIpc) is 3.38. The standard InChI is InChI=1S/C26H31N7O3/c1-18(34)30-22-15-20(9-10-23(22)36-14-13-33-11-5-6-12-33)31-26-29-17-21(24(27)35)25(32-26)28-16-19-7-3-2-4-8-19/h2-4,7-10,15,17H,5-6,11-14,16H2,1H3,(H2,27,35)(H,30,34)(H2,28,29,31,32). The number of amides is 2. The third-order valence-corrected chi connectivity index (χ3v) is 5.77. The summed E-state index contributed by atoms with van der Waals surface area (Å²) in [6.45, 7) is 5.49. The molecule has 36 heavy (non-hydrogen) atoms. The molecular weight excluding hydrogens is 458 g/mol. The van der Waals surface area contributed by atoms with Gasteiger partial charge in [0.1, 0.15) is 18.2 Å². The Balaban J connectivity index is 1.48. The van der Waals surface area contributed by atoms with Crippen LogP contribution in [0.2, 0.25) is 0 Å². The highest BCUT2D eigenvalue weighted by Crippen LogP contribution is 2.30. The fourth-order valence-corrected chi connectivity index (χ4v) is 3.98. The molecule has 1 saturated heterocycles. The molecule has 1 aliphatic heterocycles. The lowest BCUT2D eigenvalue weighted by Crippen LogP contribution is -2.25. The molecule has 4 rings (SSSR count). The highest BCUT2D eigenvalue weighted by atomic mass is 16.5. The lowest BCUT2D eigenvalue weighted by molar-refractivity contribution is -0.114. The number of likely N-dealkylation sites (tertiary alicyclic amines) is 1. The monoisotopic (exact) mass is 489 g/mol. The quantitative estimate of drug-likeness (QED) is 0.322. The molecule has 2 amide bonds. The molecule has 3 aromatic rings. The van der Waals surface area contributed by atoms with E-state index >= 15 is 0 Å². The Bertz CT molecular complexity index is 1200. The summed E-state index contributed by atoms with van der Waals surface area (Å²) < 4.78 is 5.96. The zero-order valence-electron chi connectivity index (χ0n) is 20.3. The lowest BCUT2D eigenvalue weighted by Gasteiger charge is -2.17. The number of carbonyl (C=O) groups excluding carboxylic acids is 2. The van der Waals surface area contributed by atoms with Crippen LogP contribution < -0.4 is 26.4 Å². The Morgan fingerprint density at radius 2 is 1.89 bits per heavy atom. The summed E-state index contributed by atoms with van der Waals surface area (Å²) in [6, 6.07) is 15.1. The van der Waals surface area contributed by atoms with Crippen LogP contribution in [-0.2, 0) is 11.3 Å². The van der Waals surface area contributed by atoms with Crippen LogP contribution in [0.1, 0.15) is 35.7 Å². The number of rotatable bonds is 11. The van der Waals surface area contributed by atoms with Crippen molar-refractivity contribution < 1.29 is 14.3 Å². The summed E-state index contributed by atoms with van der Waals surface area (Å²) in [7, 11) is 0. The molecule has 0 bridgehead atoms. The van der Waals surface area contributed by atoms with Crippen LogP contribution >= 0.6 is 0 Å². The van der Waals surface area contributed by atoms with Crippen LogP contribution in [0.25, 0.3) is 0 Å². The molecular formula is C26H31N7O3. The Morgan fingerprint density at radius 1 is 1.11 bits per heavy atom. The van der Waals surface area contributed by atoms with E-state index in [9.17, 15) is 9.59 Å². The summed E-state index contributed by atoms with van der Waals surface area (Å²) in [4.78, 5) is 34.7. The summed E-state index contributed by atoms with van der Waals surface area (Å²) in [5, 5.41) is 9.10. The van der Waals surface area contributed by atoms with Gasteiger partial charge in [0.15, 0.2) is 0 Å². The Hall–Kier alpha value is -4.18. The van der Waals surface area contributed by atoms with Gasteiger partial charge in [0, 0.05) is 31.9 Å². The molecule has 1 aliphatic rings. The first kappa shape index (κ1) is 24.9. The van der Waals surface area contributed by atoms with E-state index < -0.39 is 5.91 Å². The number of anilines is 4. The van der Waals surface area contributed by atoms with Gasteiger partial charge in [-0.3, -0.25) is 14.5 Å². The van der Waals surface area contributed by atoms with E-state index in [1.165, 1.54) is 26.0 Å². The molecule has 0 atom stereocenters. The lowest BCUT2D eigenvalue weighted by atomic mass is 10.2. The van der Waals surface area contributed by atoms with Crippen molar-refractivity contribution in [1.29, 1.82) is 0 Å². The Kier molecular flexibility index (Phi) is 8.30. The van der Waals surface area contributed by atoms with Crippen molar-refractivity contribution >= 4 is 35.0 Å². The van der Waals surface area contributed by atoms with Gasteiger partial charge < -0.3 is 26.4 Å². The van der Waals surface area contributed by atoms with Crippen molar-refractivity contribution in [2.45, 2.75) is 26.3 Å². The maximum absolute atomic E-state index is 11.9. The molecule has 2 heterocycles. The first-order valence-electron chi connectivity index (χ1n) is 12.0. The van der Waals surface area contributed by atoms with E-state index in [0.717, 1.165) is 25.2 Å². The second kappa shape index (κ2) is 12.0. The predicted molar refractivity (Wildman–Crippen MR) is 140 cm³/mol. The summed E-state index contributed by atoms with van der Waals surface area (Å²) in [5.41, 5.74) is 7.92. The van der Waals surface area contributed by atoms with Crippen LogP contribution in [0.5, 0.6) is 5.75 Å². The molecule has 0 radical (unpaired) electrons. The van der Waals surface area contributed by atoms with E-state index in [2.05, 4.69) is 30.8 Å². The minimum atomic E-state index is -0.625. The predicted octanol–water partition coefficient (Wildman–Crippen LogP) is 3.36. The van der Waals surface area contributed by atoms with Gasteiger partial charge in [-0.2, -0.15) is 4.98 Å². The molecule has 0 aliphatic carbocycles.